The molecule has 0 bridgehead atoms. The van der Waals surface area contributed by atoms with Crippen LogP contribution in [0.2, 0.25) is 0 Å². The predicted molar refractivity (Wildman–Crippen MR) is 107 cm³/mol. The van der Waals surface area contributed by atoms with E-state index in [2.05, 4.69) is 10.6 Å². The van der Waals surface area contributed by atoms with Gasteiger partial charge in [-0.25, -0.2) is 9.59 Å². The summed E-state index contributed by atoms with van der Waals surface area (Å²) in [6.45, 7) is 5.37. The van der Waals surface area contributed by atoms with E-state index in [9.17, 15) is 19.2 Å². The zero-order chi connectivity index (χ0) is 21.8. The molecule has 2 heterocycles. The molecule has 2 atom stereocenters. The molecule has 2 aliphatic rings. The second kappa shape index (κ2) is 8.98. The van der Waals surface area contributed by atoms with Crippen molar-refractivity contribution >= 4 is 29.6 Å². The minimum absolute atomic E-state index is 0.0425. The average molecular weight is 415 g/mol. The van der Waals surface area contributed by atoms with Crippen molar-refractivity contribution in [3.05, 3.63) is 41.1 Å². The van der Waals surface area contributed by atoms with Gasteiger partial charge in [0.1, 0.15) is 6.61 Å². The van der Waals surface area contributed by atoms with Crippen molar-refractivity contribution < 1.29 is 28.7 Å². The molecule has 2 aliphatic heterocycles. The summed E-state index contributed by atoms with van der Waals surface area (Å²) < 4.78 is 10.4. The summed E-state index contributed by atoms with van der Waals surface area (Å²) >= 11 is 0. The van der Waals surface area contributed by atoms with E-state index in [-0.39, 0.29) is 43.4 Å². The molecule has 1 aromatic rings. The third-order valence-corrected chi connectivity index (χ3v) is 5.03. The van der Waals surface area contributed by atoms with Gasteiger partial charge in [-0.15, -0.1) is 0 Å². The Morgan fingerprint density at radius 1 is 1.17 bits per heavy atom. The van der Waals surface area contributed by atoms with Crippen LogP contribution in [0.25, 0.3) is 0 Å². The number of ether oxygens (including phenoxy) is 2. The second-order valence-electron chi connectivity index (χ2n) is 7.28. The molecule has 0 spiro atoms. The van der Waals surface area contributed by atoms with Crippen molar-refractivity contribution in [2.24, 2.45) is 5.92 Å². The molecule has 9 heteroatoms. The number of esters is 2. The molecule has 1 fully saturated rings. The normalized spacial score (nSPS) is 21.2. The number of aryl methyl sites for hydroxylation is 1. The minimum atomic E-state index is -0.625. The Labute approximate surface area is 174 Å². The van der Waals surface area contributed by atoms with E-state index in [4.69, 9.17) is 9.47 Å². The molecule has 1 saturated heterocycles. The number of carbonyl (C=O) groups is 4. The van der Waals surface area contributed by atoms with Crippen LogP contribution in [-0.2, 0) is 23.9 Å². The number of carbonyl (C=O) groups excluding carboxylic acids is 4. The first-order valence-electron chi connectivity index (χ1n) is 9.81. The number of nitrogens with zero attached hydrogens (tertiary/aromatic N) is 1. The molecule has 9 nitrogen and oxygen atoms in total. The Kier molecular flexibility index (Phi) is 6.39. The molecule has 0 aliphatic carbocycles. The molecule has 30 heavy (non-hydrogen) atoms. The highest BCUT2D eigenvalue weighted by Crippen LogP contribution is 2.26. The Balaban J connectivity index is 1.67. The number of hydrogen-bond acceptors (Lipinski definition) is 6. The van der Waals surface area contributed by atoms with Crippen LogP contribution in [0.15, 0.2) is 35.5 Å². The molecule has 2 N–H and O–H groups in total. The number of hydrogen-bond donors (Lipinski definition) is 2. The molecule has 0 radical (unpaired) electrons. The van der Waals surface area contributed by atoms with E-state index in [0.29, 0.717) is 0 Å². The van der Waals surface area contributed by atoms with E-state index < -0.39 is 29.9 Å². The standard InChI is InChI=1S/C21H25N3O6/c1-4-29-20(27)18-13(3)22-21(28)23-16(18)11-30-19(26)14-9-17(25)24(10-14)15-7-5-12(2)6-8-15/h5-8,13-14H,4,9-11H2,1-3H3,(H2,22,23,28)/t13-,14-/m0/s1. The van der Waals surface area contributed by atoms with Gasteiger partial charge < -0.3 is 25.0 Å². The lowest BCUT2D eigenvalue weighted by atomic mass is 10.0. The molecule has 160 valence electrons. The first-order valence-corrected chi connectivity index (χ1v) is 9.81. The lowest BCUT2D eigenvalue weighted by Crippen LogP contribution is -2.50. The molecule has 3 amide bonds. The number of urea groups is 1. The van der Waals surface area contributed by atoms with Crippen molar-refractivity contribution in [2.45, 2.75) is 33.2 Å². The van der Waals surface area contributed by atoms with Gasteiger partial charge in [-0.05, 0) is 32.9 Å². The highest BCUT2D eigenvalue weighted by Gasteiger charge is 2.37. The predicted octanol–water partition coefficient (Wildman–Crippen LogP) is 1.41. The first kappa shape index (κ1) is 21.4. The van der Waals surface area contributed by atoms with Crippen LogP contribution in [0.3, 0.4) is 0 Å². The second-order valence-corrected chi connectivity index (χ2v) is 7.28. The van der Waals surface area contributed by atoms with Crippen molar-refractivity contribution in [3.8, 4) is 0 Å². The van der Waals surface area contributed by atoms with Crippen LogP contribution in [0.1, 0.15) is 25.8 Å². The molecule has 0 saturated carbocycles. The molecular weight excluding hydrogens is 390 g/mol. The number of nitrogens with one attached hydrogen (secondary N) is 2. The van der Waals surface area contributed by atoms with E-state index in [0.717, 1.165) is 11.3 Å². The van der Waals surface area contributed by atoms with Gasteiger partial charge in [0, 0.05) is 18.7 Å². The monoisotopic (exact) mass is 415 g/mol. The quantitative estimate of drug-likeness (QED) is 0.679. The molecular formula is C21H25N3O6. The first-order chi connectivity index (χ1) is 14.3. The van der Waals surface area contributed by atoms with E-state index >= 15 is 0 Å². The fourth-order valence-corrected chi connectivity index (χ4v) is 3.49. The maximum absolute atomic E-state index is 12.6. The maximum atomic E-state index is 12.6. The Morgan fingerprint density at radius 2 is 1.87 bits per heavy atom. The summed E-state index contributed by atoms with van der Waals surface area (Å²) in [6.07, 6.45) is 0.0425. The van der Waals surface area contributed by atoms with Crippen LogP contribution in [0.4, 0.5) is 10.5 Å². The summed E-state index contributed by atoms with van der Waals surface area (Å²) in [5.41, 5.74) is 2.18. The molecule has 3 rings (SSSR count). The summed E-state index contributed by atoms with van der Waals surface area (Å²) in [5.74, 6) is -1.93. The van der Waals surface area contributed by atoms with Gasteiger partial charge in [-0.3, -0.25) is 9.59 Å². The summed E-state index contributed by atoms with van der Waals surface area (Å²) in [4.78, 5) is 50.5. The fraction of sp³-hybridized carbons (Fsp3) is 0.429. The summed E-state index contributed by atoms with van der Waals surface area (Å²) in [7, 11) is 0. The zero-order valence-electron chi connectivity index (χ0n) is 17.2. The number of benzene rings is 1. The summed E-state index contributed by atoms with van der Waals surface area (Å²) in [6, 6.07) is 6.39. The van der Waals surface area contributed by atoms with Gasteiger partial charge in [-0.1, -0.05) is 17.7 Å². The lowest BCUT2D eigenvalue weighted by molar-refractivity contribution is -0.147. The van der Waals surface area contributed by atoms with Crippen molar-refractivity contribution in [3.63, 3.8) is 0 Å². The van der Waals surface area contributed by atoms with Gasteiger partial charge in [0.25, 0.3) is 0 Å². The van der Waals surface area contributed by atoms with Crippen LogP contribution >= 0.6 is 0 Å². The fourth-order valence-electron chi connectivity index (χ4n) is 3.49. The Morgan fingerprint density at radius 3 is 2.53 bits per heavy atom. The van der Waals surface area contributed by atoms with Crippen molar-refractivity contribution in [2.75, 3.05) is 24.7 Å². The summed E-state index contributed by atoms with van der Waals surface area (Å²) in [5, 5.41) is 5.08. The molecule has 0 aromatic heterocycles. The van der Waals surface area contributed by atoms with Crippen LogP contribution in [0, 0.1) is 12.8 Å². The largest absolute Gasteiger partial charge is 0.463 e. The maximum Gasteiger partial charge on any atom is 0.338 e. The van der Waals surface area contributed by atoms with Gasteiger partial charge >= 0.3 is 18.0 Å². The van der Waals surface area contributed by atoms with Crippen LogP contribution < -0.4 is 15.5 Å². The SMILES string of the molecule is CCOC(=O)C1=C(COC(=O)[C@H]2CC(=O)N(c3ccc(C)cc3)C2)NC(=O)N[C@H]1C. The van der Waals surface area contributed by atoms with Crippen LogP contribution in [0.5, 0.6) is 0 Å². The van der Waals surface area contributed by atoms with E-state index in [1.807, 2.05) is 31.2 Å². The third-order valence-electron chi connectivity index (χ3n) is 5.03. The van der Waals surface area contributed by atoms with Gasteiger partial charge in [-0.2, -0.15) is 0 Å². The smallest absolute Gasteiger partial charge is 0.338 e. The zero-order valence-corrected chi connectivity index (χ0v) is 17.2. The average Bonchev–Trinajstić information content (AvgIpc) is 3.08. The van der Waals surface area contributed by atoms with Crippen molar-refractivity contribution in [1.29, 1.82) is 0 Å². The van der Waals surface area contributed by atoms with Crippen LogP contribution in [-0.4, -0.2) is 49.7 Å². The highest BCUT2D eigenvalue weighted by molar-refractivity contribution is 5.99. The van der Waals surface area contributed by atoms with E-state index in [1.54, 1.807) is 18.7 Å². The number of amides is 3. The highest BCUT2D eigenvalue weighted by atomic mass is 16.5. The van der Waals surface area contributed by atoms with Gasteiger partial charge in [0.15, 0.2) is 0 Å². The van der Waals surface area contributed by atoms with E-state index in [1.165, 1.54) is 0 Å². The topological polar surface area (TPSA) is 114 Å². The Hall–Kier alpha value is -3.36. The molecule has 1 aromatic carbocycles. The van der Waals surface area contributed by atoms with Crippen molar-refractivity contribution in [1.82, 2.24) is 10.6 Å². The minimum Gasteiger partial charge on any atom is -0.463 e. The van der Waals surface area contributed by atoms with Gasteiger partial charge in [0.2, 0.25) is 5.91 Å². The Bertz CT molecular complexity index is 893. The van der Waals surface area contributed by atoms with Gasteiger partial charge in [0.05, 0.1) is 29.8 Å². The number of rotatable bonds is 6. The third kappa shape index (κ3) is 4.61. The number of anilines is 1. The lowest BCUT2D eigenvalue weighted by Gasteiger charge is -2.26. The molecule has 0 unspecified atom stereocenters.